The van der Waals surface area contributed by atoms with E-state index in [0.29, 0.717) is 18.6 Å². The highest BCUT2D eigenvalue weighted by Gasteiger charge is 2.40. The van der Waals surface area contributed by atoms with Gasteiger partial charge in [-0.2, -0.15) is 11.3 Å². The van der Waals surface area contributed by atoms with Gasteiger partial charge in [0.05, 0.1) is 12.2 Å². The van der Waals surface area contributed by atoms with E-state index in [4.69, 9.17) is 4.74 Å². The van der Waals surface area contributed by atoms with Gasteiger partial charge in [0.2, 0.25) is 0 Å². The van der Waals surface area contributed by atoms with Crippen LogP contribution in [0.4, 0.5) is 14.9 Å². The summed E-state index contributed by atoms with van der Waals surface area (Å²) in [6.07, 6.45) is 3.79. The van der Waals surface area contributed by atoms with Crippen LogP contribution in [0.3, 0.4) is 0 Å². The van der Waals surface area contributed by atoms with Gasteiger partial charge in [0.1, 0.15) is 11.9 Å². The summed E-state index contributed by atoms with van der Waals surface area (Å²) in [6.45, 7) is 0.298. The van der Waals surface area contributed by atoms with Crippen LogP contribution in [0.5, 0.6) is 0 Å². The van der Waals surface area contributed by atoms with Crippen LogP contribution in [0.1, 0.15) is 31.2 Å². The molecule has 2 aliphatic heterocycles. The summed E-state index contributed by atoms with van der Waals surface area (Å²) in [5.41, 5.74) is 1.54. The number of thiophene rings is 1. The number of fused-ring (bicyclic) bond motifs is 2. The van der Waals surface area contributed by atoms with Crippen LogP contribution in [0.2, 0.25) is 0 Å². The fourth-order valence-electron chi connectivity index (χ4n) is 4.15. The Hall–Kier alpha value is -1.92. The molecule has 1 aromatic heterocycles. The van der Waals surface area contributed by atoms with Crippen molar-refractivity contribution in [3.63, 3.8) is 0 Å². The molecule has 1 unspecified atom stereocenters. The Labute approximate surface area is 157 Å². The molecule has 2 bridgehead atoms. The lowest BCUT2D eigenvalue weighted by molar-refractivity contribution is 0.0314. The summed E-state index contributed by atoms with van der Waals surface area (Å²) >= 11 is 1.53. The van der Waals surface area contributed by atoms with Gasteiger partial charge < -0.3 is 9.64 Å². The SMILES string of the molecule is CN1[C@@H]2CC[C@H]1CC(OC(=O)N(Cc1cccc(F)c1)c1ccsc1)C2. The minimum atomic E-state index is -0.346. The van der Waals surface area contributed by atoms with Gasteiger partial charge in [-0.15, -0.1) is 0 Å². The van der Waals surface area contributed by atoms with Crippen molar-refractivity contribution in [1.29, 1.82) is 0 Å². The number of ether oxygens (including phenoxy) is 1. The van der Waals surface area contributed by atoms with Gasteiger partial charge in [-0.05, 0) is 49.0 Å². The lowest BCUT2D eigenvalue weighted by atomic mass is 10.0. The first-order valence-corrected chi connectivity index (χ1v) is 10.0. The van der Waals surface area contributed by atoms with E-state index in [0.717, 1.165) is 24.1 Å². The van der Waals surface area contributed by atoms with Gasteiger partial charge >= 0.3 is 6.09 Å². The van der Waals surface area contributed by atoms with Gasteiger partial charge in [-0.3, -0.25) is 4.90 Å². The lowest BCUT2D eigenvalue weighted by Crippen LogP contribution is -2.45. The highest BCUT2D eigenvalue weighted by Crippen LogP contribution is 2.36. The maximum absolute atomic E-state index is 13.5. The van der Waals surface area contributed by atoms with Crippen molar-refractivity contribution < 1.29 is 13.9 Å². The second-order valence-electron chi connectivity index (χ2n) is 7.23. The van der Waals surface area contributed by atoms with Crippen LogP contribution in [0, 0.1) is 5.82 Å². The van der Waals surface area contributed by atoms with Crippen LogP contribution < -0.4 is 4.90 Å². The number of benzene rings is 1. The molecule has 0 N–H and O–H groups in total. The number of carbonyl (C=O) groups excluding carboxylic acids is 1. The Kier molecular flexibility index (Phi) is 4.96. The van der Waals surface area contributed by atoms with E-state index in [1.807, 2.05) is 22.9 Å². The zero-order chi connectivity index (χ0) is 18.1. The molecule has 2 saturated heterocycles. The molecular weight excluding hydrogens is 351 g/mol. The number of rotatable bonds is 4. The van der Waals surface area contributed by atoms with Crippen LogP contribution in [-0.2, 0) is 11.3 Å². The molecule has 4 rings (SSSR count). The molecule has 26 heavy (non-hydrogen) atoms. The third-order valence-electron chi connectivity index (χ3n) is 5.59. The maximum Gasteiger partial charge on any atom is 0.414 e. The number of halogens is 1. The van der Waals surface area contributed by atoms with Gasteiger partial charge in [-0.25, -0.2) is 9.18 Å². The summed E-state index contributed by atoms with van der Waals surface area (Å²) in [7, 11) is 2.17. The molecule has 138 valence electrons. The third kappa shape index (κ3) is 3.62. The number of anilines is 1. The third-order valence-corrected chi connectivity index (χ3v) is 6.26. The van der Waals surface area contributed by atoms with E-state index < -0.39 is 0 Å². The van der Waals surface area contributed by atoms with Gasteiger partial charge in [0, 0.05) is 30.3 Å². The van der Waals surface area contributed by atoms with E-state index >= 15 is 0 Å². The Morgan fingerprint density at radius 2 is 2.08 bits per heavy atom. The van der Waals surface area contributed by atoms with Crippen molar-refractivity contribution in [3.05, 3.63) is 52.5 Å². The molecular formula is C20H23FN2O2S. The number of hydrogen-bond acceptors (Lipinski definition) is 4. The maximum atomic E-state index is 13.5. The van der Waals surface area contributed by atoms with Crippen LogP contribution in [0.25, 0.3) is 0 Å². The largest absolute Gasteiger partial charge is 0.446 e. The first-order valence-electron chi connectivity index (χ1n) is 9.07. The van der Waals surface area contributed by atoms with Gasteiger partial charge in [0.25, 0.3) is 0 Å². The average Bonchev–Trinajstić information content (AvgIpc) is 3.19. The Morgan fingerprint density at radius 1 is 1.31 bits per heavy atom. The first kappa shape index (κ1) is 17.5. The van der Waals surface area contributed by atoms with E-state index in [1.54, 1.807) is 11.0 Å². The fourth-order valence-corrected chi connectivity index (χ4v) is 4.80. The zero-order valence-electron chi connectivity index (χ0n) is 14.8. The molecule has 3 atom stereocenters. The summed E-state index contributed by atoms with van der Waals surface area (Å²) < 4.78 is 19.4. The topological polar surface area (TPSA) is 32.8 Å². The number of carbonyl (C=O) groups is 1. The van der Waals surface area contributed by atoms with Crippen molar-refractivity contribution in [2.24, 2.45) is 0 Å². The van der Waals surface area contributed by atoms with Crippen LogP contribution in [0.15, 0.2) is 41.1 Å². The van der Waals surface area contributed by atoms with Crippen LogP contribution in [-0.4, -0.2) is 36.2 Å². The predicted octanol–water partition coefficient (Wildman–Crippen LogP) is 4.66. The molecule has 2 fully saturated rings. The van der Waals surface area contributed by atoms with Crippen molar-refractivity contribution in [2.75, 3.05) is 11.9 Å². The standard InChI is InChI=1S/C20H23FN2O2S/c1-22-16-5-6-17(22)11-19(10-16)25-20(24)23(18-7-8-26-13-18)12-14-3-2-4-15(21)9-14/h2-4,7-9,13,16-17,19H,5-6,10-12H2,1H3/t16-,17+,19?. The molecule has 0 saturated carbocycles. The Balaban J connectivity index is 1.48. The first-order chi connectivity index (χ1) is 12.6. The molecule has 1 aromatic carbocycles. The highest BCUT2D eigenvalue weighted by molar-refractivity contribution is 7.08. The van der Waals surface area contributed by atoms with Crippen molar-refractivity contribution in [1.82, 2.24) is 4.90 Å². The molecule has 4 nitrogen and oxygen atoms in total. The summed E-state index contributed by atoms with van der Waals surface area (Å²) in [4.78, 5) is 16.9. The van der Waals surface area contributed by atoms with Gasteiger partial charge in [-0.1, -0.05) is 12.1 Å². The number of piperidine rings is 1. The normalized spacial score (nSPS) is 25.2. The van der Waals surface area contributed by atoms with E-state index in [2.05, 4.69) is 11.9 Å². The zero-order valence-corrected chi connectivity index (χ0v) is 15.6. The smallest absolute Gasteiger partial charge is 0.414 e. The fraction of sp³-hybridized carbons (Fsp3) is 0.450. The monoisotopic (exact) mass is 374 g/mol. The Morgan fingerprint density at radius 3 is 2.73 bits per heavy atom. The second-order valence-corrected chi connectivity index (χ2v) is 8.01. The molecule has 1 amide bonds. The molecule has 3 heterocycles. The highest BCUT2D eigenvalue weighted by atomic mass is 32.1. The number of nitrogens with zero attached hydrogens (tertiary/aromatic N) is 2. The predicted molar refractivity (Wildman–Crippen MR) is 101 cm³/mol. The second kappa shape index (κ2) is 7.37. The molecule has 2 aliphatic rings. The molecule has 6 heteroatoms. The molecule has 0 spiro atoms. The molecule has 2 aromatic rings. The summed E-state index contributed by atoms with van der Waals surface area (Å²) in [6, 6.07) is 9.28. The number of hydrogen-bond donors (Lipinski definition) is 0. The number of amides is 1. The average molecular weight is 374 g/mol. The molecule has 0 aliphatic carbocycles. The van der Waals surface area contributed by atoms with Crippen molar-refractivity contribution in [3.8, 4) is 0 Å². The van der Waals surface area contributed by atoms with Crippen LogP contribution >= 0.6 is 11.3 Å². The Bertz CT molecular complexity index is 753. The van der Waals surface area contributed by atoms with E-state index in [9.17, 15) is 9.18 Å². The quantitative estimate of drug-likeness (QED) is 0.781. The van der Waals surface area contributed by atoms with E-state index in [1.165, 1.54) is 36.3 Å². The minimum Gasteiger partial charge on any atom is -0.446 e. The van der Waals surface area contributed by atoms with E-state index in [-0.39, 0.29) is 18.0 Å². The van der Waals surface area contributed by atoms with Crippen molar-refractivity contribution in [2.45, 2.75) is 50.4 Å². The summed E-state index contributed by atoms with van der Waals surface area (Å²) in [5.74, 6) is -0.298. The minimum absolute atomic E-state index is 0.0372. The molecule has 0 radical (unpaired) electrons. The lowest BCUT2D eigenvalue weighted by Gasteiger charge is -2.36. The summed E-state index contributed by atoms with van der Waals surface area (Å²) in [5, 5.41) is 3.84. The van der Waals surface area contributed by atoms with Gasteiger partial charge in [0.15, 0.2) is 0 Å². The van der Waals surface area contributed by atoms with Crippen molar-refractivity contribution >= 4 is 23.1 Å².